The molecule has 1 N–H and O–H groups in total. The summed E-state index contributed by atoms with van der Waals surface area (Å²) < 4.78 is 0. The molecule has 0 unspecified atom stereocenters. The Bertz CT molecular complexity index is 1010. The van der Waals surface area contributed by atoms with Crippen molar-refractivity contribution < 1.29 is 4.79 Å². The first-order valence-corrected chi connectivity index (χ1v) is 10.2. The Labute approximate surface area is 171 Å². The van der Waals surface area contributed by atoms with Crippen LogP contribution in [-0.4, -0.2) is 53.5 Å². The Hall–Kier alpha value is -3.15. The third-order valence-electron chi connectivity index (χ3n) is 5.35. The Morgan fingerprint density at radius 3 is 2.59 bits per heavy atom. The molecule has 1 aliphatic heterocycles. The largest absolute Gasteiger partial charge is 0.354 e. The van der Waals surface area contributed by atoms with Crippen LogP contribution in [0.15, 0.2) is 48.5 Å². The van der Waals surface area contributed by atoms with Crippen molar-refractivity contribution in [1.82, 2.24) is 14.9 Å². The van der Waals surface area contributed by atoms with Crippen molar-refractivity contribution in [2.24, 2.45) is 0 Å². The molecular formula is C23H27N5O. The minimum Gasteiger partial charge on any atom is -0.354 e. The van der Waals surface area contributed by atoms with Gasteiger partial charge in [0.1, 0.15) is 5.82 Å². The van der Waals surface area contributed by atoms with Gasteiger partial charge in [-0.25, -0.2) is 4.98 Å². The van der Waals surface area contributed by atoms with Crippen LogP contribution in [0.4, 0.5) is 11.8 Å². The van der Waals surface area contributed by atoms with Gasteiger partial charge in [-0.3, -0.25) is 4.79 Å². The minimum atomic E-state index is 0.188. The highest BCUT2D eigenvalue weighted by molar-refractivity contribution is 5.90. The molecular weight excluding hydrogens is 362 g/mol. The topological polar surface area (TPSA) is 61.4 Å². The van der Waals surface area contributed by atoms with Crippen molar-refractivity contribution in [2.45, 2.75) is 20.3 Å². The van der Waals surface area contributed by atoms with Gasteiger partial charge < -0.3 is 15.1 Å². The highest BCUT2D eigenvalue weighted by Gasteiger charge is 2.23. The lowest BCUT2D eigenvalue weighted by molar-refractivity contribution is -0.130. The number of hydrogen-bond donors (Lipinski definition) is 1. The highest BCUT2D eigenvalue weighted by atomic mass is 16.2. The number of hydrogen-bond acceptors (Lipinski definition) is 5. The number of nitrogens with zero attached hydrogens (tertiary/aromatic N) is 4. The molecule has 1 aromatic heterocycles. The number of benzene rings is 2. The summed E-state index contributed by atoms with van der Waals surface area (Å²) in [6.45, 7) is 7.79. The summed E-state index contributed by atoms with van der Waals surface area (Å²) in [5.41, 5.74) is 2.04. The minimum absolute atomic E-state index is 0.188. The molecule has 0 atom stereocenters. The van der Waals surface area contributed by atoms with E-state index in [0.717, 1.165) is 42.1 Å². The van der Waals surface area contributed by atoms with Crippen molar-refractivity contribution in [3.05, 3.63) is 59.8 Å². The van der Waals surface area contributed by atoms with Gasteiger partial charge in [-0.15, -0.1) is 0 Å². The molecule has 0 saturated carbocycles. The first kappa shape index (κ1) is 19.2. The molecule has 1 amide bonds. The molecule has 6 heteroatoms. The molecule has 1 aliphatic rings. The highest BCUT2D eigenvalue weighted by Crippen LogP contribution is 2.21. The van der Waals surface area contributed by atoms with E-state index in [2.05, 4.69) is 44.5 Å². The zero-order chi connectivity index (χ0) is 20.2. The van der Waals surface area contributed by atoms with Gasteiger partial charge in [0.15, 0.2) is 0 Å². The summed E-state index contributed by atoms with van der Waals surface area (Å²) in [4.78, 5) is 26.2. The van der Waals surface area contributed by atoms with E-state index in [1.165, 1.54) is 5.39 Å². The summed E-state index contributed by atoms with van der Waals surface area (Å²) >= 11 is 0. The lowest BCUT2D eigenvalue weighted by atomic mass is 10.0. The lowest BCUT2D eigenvalue weighted by Gasteiger charge is -2.35. The maximum atomic E-state index is 12.9. The van der Waals surface area contributed by atoms with Crippen LogP contribution in [0.2, 0.25) is 0 Å². The van der Waals surface area contributed by atoms with Gasteiger partial charge in [0.25, 0.3) is 0 Å². The standard InChI is InChI=1S/C23H27N5O/c1-3-24-23-25-17(2)15-21(26-23)27-11-13-28(14-12-27)22(29)16-19-9-6-8-18-7-4-5-10-20(18)19/h4-10,15H,3,11-14,16H2,1-2H3,(H,24,25,26). The fraction of sp³-hybridized carbons (Fsp3) is 0.348. The van der Waals surface area contributed by atoms with Crippen molar-refractivity contribution >= 4 is 28.4 Å². The average molecular weight is 390 g/mol. The summed E-state index contributed by atoms with van der Waals surface area (Å²) in [5.74, 6) is 1.78. The van der Waals surface area contributed by atoms with E-state index < -0.39 is 0 Å². The van der Waals surface area contributed by atoms with Gasteiger partial charge in [0, 0.05) is 44.5 Å². The Morgan fingerprint density at radius 1 is 1.03 bits per heavy atom. The number of rotatable bonds is 5. The van der Waals surface area contributed by atoms with Gasteiger partial charge in [-0.1, -0.05) is 42.5 Å². The molecule has 0 bridgehead atoms. The maximum absolute atomic E-state index is 12.9. The first-order valence-electron chi connectivity index (χ1n) is 10.2. The molecule has 1 fully saturated rings. The Kier molecular flexibility index (Phi) is 5.60. The second kappa shape index (κ2) is 8.47. The summed E-state index contributed by atoms with van der Waals surface area (Å²) in [6, 6.07) is 16.4. The molecule has 29 heavy (non-hydrogen) atoms. The van der Waals surface area contributed by atoms with Crippen LogP contribution < -0.4 is 10.2 Å². The predicted octanol–water partition coefficient (Wildman–Crippen LogP) is 3.26. The first-order chi connectivity index (χ1) is 14.1. The number of carbonyl (C=O) groups excluding carboxylic acids is 1. The number of amides is 1. The molecule has 0 aliphatic carbocycles. The monoisotopic (exact) mass is 389 g/mol. The molecule has 0 spiro atoms. The molecule has 3 aromatic rings. The second-order valence-electron chi connectivity index (χ2n) is 7.40. The lowest BCUT2D eigenvalue weighted by Crippen LogP contribution is -2.49. The van der Waals surface area contributed by atoms with E-state index in [9.17, 15) is 4.79 Å². The molecule has 0 radical (unpaired) electrons. The van der Waals surface area contributed by atoms with Crippen molar-refractivity contribution in [2.75, 3.05) is 42.9 Å². The van der Waals surface area contributed by atoms with Gasteiger partial charge >= 0.3 is 0 Å². The number of fused-ring (bicyclic) bond motifs is 1. The van der Waals surface area contributed by atoms with E-state index in [-0.39, 0.29) is 5.91 Å². The number of nitrogens with one attached hydrogen (secondary N) is 1. The molecule has 2 aromatic carbocycles. The zero-order valence-corrected chi connectivity index (χ0v) is 17.1. The van der Waals surface area contributed by atoms with Gasteiger partial charge in [0.2, 0.25) is 11.9 Å². The number of anilines is 2. The van der Waals surface area contributed by atoms with Crippen LogP contribution in [0, 0.1) is 6.92 Å². The third-order valence-corrected chi connectivity index (χ3v) is 5.35. The van der Waals surface area contributed by atoms with E-state index in [0.29, 0.717) is 25.5 Å². The molecule has 4 rings (SSSR count). The van der Waals surface area contributed by atoms with E-state index in [1.54, 1.807) is 0 Å². The smallest absolute Gasteiger partial charge is 0.227 e. The van der Waals surface area contributed by atoms with Crippen LogP contribution in [0.25, 0.3) is 10.8 Å². The van der Waals surface area contributed by atoms with E-state index >= 15 is 0 Å². The average Bonchev–Trinajstić information content (AvgIpc) is 2.74. The van der Waals surface area contributed by atoms with Gasteiger partial charge in [0.05, 0.1) is 6.42 Å². The summed E-state index contributed by atoms with van der Waals surface area (Å²) in [5, 5.41) is 5.52. The Morgan fingerprint density at radius 2 is 1.79 bits per heavy atom. The van der Waals surface area contributed by atoms with Crippen LogP contribution in [0.3, 0.4) is 0 Å². The van der Waals surface area contributed by atoms with Crippen molar-refractivity contribution in [1.29, 1.82) is 0 Å². The number of aryl methyl sites for hydroxylation is 1. The molecule has 2 heterocycles. The van der Waals surface area contributed by atoms with Crippen molar-refractivity contribution in [3.8, 4) is 0 Å². The van der Waals surface area contributed by atoms with E-state index in [4.69, 9.17) is 0 Å². The number of aromatic nitrogens is 2. The second-order valence-corrected chi connectivity index (χ2v) is 7.40. The van der Waals surface area contributed by atoms with Crippen LogP contribution in [0.1, 0.15) is 18.2 Å². The Balaban J connectivity index is 1.41. The normalized spacial score (nSPS) is 14.3. The summed E-state index contributed by atoms with van der Waals surface area (Å²) in [7, 11) is 0. The van der Waals surface area contributed by atoms with Gasteiger partial charge in [-0.2, -0.15) is 4.98 Å². The summed E-state index contributed by atoms with van der Waals surface area (Å²) in [6.07, 6.45) is 0.443. The van der Waals surface area contributed by atoms with Gasteiger partial charge in [-0.05, 0) is 30.2 Å². The molecule has 1 saturated heterocycles. The number of piperazine rings is 1. The van der Waals surface area contributed by atoms with E-state index in [1.807, 2.05) is 43.0 Å². The SMILES string of the molecule is CCNc1nc(C)cc(N2CCN(C(=O)Cc3cccc4ccccc34)CC2)n1. The maximum Gasteiger partial charge on any atom is 0.227 e. The molecule has 150 valence electrons. The molecule has 6 nitrogen and oxygen atoms in total. The van der Waals surface area contributed by atoms with Crippen molar-refractivity contribution in [3.63, 3.8) is 0 Å². The third kappa shape index (κ3) is 4.31. The number of carbonyl (C=O) groups is 1. The fourth-order valence-electron chi connectivity index (χ4n) is 3.86. The zero-order valence-electron chi connectivity index (χ0n) is 17.1. The fourth-order valence-corrected chi connectivity index (χ4v) is 3.86. The predicted molar refractivity (Wildman–Crippen MR) is 117 cm³/mol. The van der Waals surface area contributed by atoms with Crippen LogP contribution >= 0.6 is 0 Å². The van der Waals surface area contributed by atoms with Crippen LogP contribution in [0.5, 0.6) is 0 Å². The van der Waals surface area contributed by atoms with Crippen LogP contribution in [-0.2, 0) is 11.2 Å². The quantitative estimate of drug-likeness (QED) is 0.726.